The summed E-state index contributed by atoms with van der Waals surface area (Å²) in [6.07, 6.45) is 3.87. The monoisotopic (exact) mass is 337 g/mol. The first-order chi connectivity index (χ1) is 12.0. The second-order valence-corrected chi connectivity index (χ2v) is 6.43. The lowest BCUT2D eigenvalue weighted by molar-refractivity contribution is 0.0696. The second kappa shape index (κ2) is 7.05. The van der Waals surface area contributed by atoms with E-state index in [2.05, 4.69) is 29.5 Å². The number of carbonyl (C=O) groups is 1. The van der Waals surface area contributed by atoms with Crippen LogP contribution in [0.15, 0.2) is 36.5 Å². The van der Waals surface area contributed by atoms with Crippen LogP contribution in [0.25, 0.3) is 11.2 Å². The maximum atomic E-state index is 11.2. The highest BCUT2D eigenvalue weighted by Crippen LogP contribution is 2.27. The predicted molar refractivity (Wildman–Crippen MR) is 98.1 cm³/mol. The van der Waals surface area contributed by atoms with E-state index < -0.39 is 5.97 Å². The highest BCUT2D eigenvalue weighted by molar-refractivity contribution is 5.87. The number of aryl methyl sites for hydroxylation is 1. The Balaban J connectivity index is 2.11. The summed E-state index contributed by atoms with van der Waals surface area (Å²) in [5.41, 5.74) is 4.08. The Morgan fingerprint density at radius 2 is 2.00 bits per heavy atom. The van der Waals surface area contributed by atoms with Crippen LogP contribution < -0.4 is 0 Å². The standard InChI is InChI=1S/C20H23N3O2/c1-4-15(5-2)18-22-17-9-13(3)11-21-19(17)23(18)12-14-7-6-8-16(10-14)20(24)25/h6-11,15H,4-5,12H2,1-3H3,(H,24,25). The van der Waals surface area contributed by atoms with Crippen LogP contribution in [-0.4, -0.2) is 25.6 Å². The molecule has 0 aliphatic rings. The maximum absolute atomic E-state index is 11.2. The largest absolute Gasteiger partial charge is 0.478 e. The van der Waals surface area contributed by atoms with Crippen molar-refractivity contribution in [3.63, 3.8) is 0 Å². The number of aromatic nitrogens is 3. The van der Waals surface area contributed by atoms with Gasteiger partial charge in [-0.1, -0.05) is 26.0 Å². The van der Waals surface area contributed by atoms with Crippen molar-refractivity contribution < 1.29 is 9.90 Å². The zero-order valence-electron chi connectivity index (χ0n) is 14.9. The number of rotatable bonds is 6. The Hall–Kier alpha value is -2.69. The molecule has 3 rings (SSSR count). The molecule has 2 heterocycles. The number of benzene rings is 1. The number of carboxylic acid groups (broad SMARTS) is 1. The van der Waals surface area contributed by atoms with Crippen LogP contribution in [0.3, 0.4) is 0 Å². The SMILES string of the molecule is CCC(CC)c1nc2cc(C)cnc2n1Cc1cccc(C(=O)O)c1. The van der Waals surface area contributed by atoms with Crippen LogP contribution in [0.4, 0.5) is 0 Å². The molecule has 25 heavy (non-hydrogen) atoms. The smallest absolute Gasteiger partial charge is 0.335 e. The number of aromatic carboxylic acids is 1. The van der Waals surface area contributed by atoms with E-state index in [9.17, 15) is 9.90 Å². The van der Waals surface area contributed by atoms with Crippen molar-refractivity contribution in [3.05, 3.63) is 59.0 Å². The van der Waals surface area contributed by atoms with Gasteiger partial charge in [0.25, 0.3) is 0 Å². The number of carboxylic acids is 1. The molecule has 3 aromatic rings. The Kier molecular flexibility index (Phi) is 4.83. The van der Waals surface area contributed by atoms with E-state index in [1.165, 1.54) is 0 Å². The van der Waals surface area contributed by atoms with Crippen LogP contribution in [0.2, 0.25) is 0 Å². The molecule has 0 aliphatic heterocycles. The Morgan fingerprint density at radius 3 is 2.68 bits per heavy atom. The lowest BCUT2D eigenvalue weighted by Crippen LogP contribution is -2.10. The Bertz CT molecular complexity index is 910. The Morgan fingerprint density at radius 1 is 1.24 bits per heavy atom. The molecule has 0 bridgehead atoms. The van der Waals surface area contributed by atoms with Gasteiger partial charge < -0.3 is 9.67 Å². The minimum absolute atomic E-state index is 0.301. The van der Waals surface area contributed by atoms with Gasteiger partial charge in [-0.2, -0.15) is 0 Å². The molecular formula is C20H23N3O2. The first-order valence-corrected chi connectivity index (χ1v) is 8.68. The molecule has 5 heteroatoms. The van der Waals surface area contributed by atoms with Crippen LogP contribution in [-0.2, 0) is 6.54 Å². The molecule has 1 N–H and O–H groups in total. The predicted octanol–water partition coefficient (Wildman–Crippen LogP) is 4.39. The molecule has 0 aliphatic carbocycles. The van der Waals surface area contributed by atoms with Gasteiger partial charge in [-0.25, -0.2) is 14.8 Å². The van der Waals surface area contributed by atoms with Crippen LogP contribution >= 0.6 is 0 Å². The molecule has 0 amide bonds. The summed E-state index contributed by atoms with van der Waals surface area (Å²) in [7, 11) is 0. The highest BCUT2D eigenvalue weighted by Gasteiger charge is 2.19. The summed E-state index contributed by atoms with van der Waals surface area (Å²) < 4.78 is 2.13. The summed E-state index contributed by atoms with van der Waals surface area (Å²) in [5, 5.41) is 9.23. The molecule has 1 aromatic carbocycles. The van der Waals surface area contributed by atoms with Gasteiger partial charge in [0.15, 0.2) is 5.65 Å². The first kappa shape index (κ1) is 17.1. The molecule has 0 unspecified atom stereocenters. The van der Waals surface area contributed by atoms with Crippen LogP contribution in [0.5, 0.6) is 0 Å². The average molecular weight is 337 g/mol. The third-order valence-electron chi connectivity index (χ3n) is 4.62. The summed E-state index contributed by atoms with van der Waals surface area (Å²) in [6, 6.07) is 9.12. The molecule has 0 radical (unpaired) electrons. The van der Waals surface area contributed by atoms with Crippen molar-refractivity contribution in [3.8, 4) is 0 Å². The third kappa shape index (κ3) is 3.40. The number of pyridine rings is 1. The molecule has 130 valence electrons. The van der Waals surface area contributed by atoms with Crippen molar-refractivity contribution in [2.24, 2.45) is 0 Å². The molecule has 2 aromatic heterocycles. The van der Waals surface area contributed by atoms with Gasteiger partial charge >= 0.3 is 5.97 Å². The molecule has 0 fully saturated rings. The maximum Gasteiger partial charge on any atom is 0.335 e. The normalized spacial score (nSPS) is 11.4. The van der Waals surface area contributed by atoms with E-state index >= 15 is 0 Å². The number of fused-ring (bicyclic) bond motifs is 1. The van der Waals surface area contributed by atoms with Crippen molar-refractivity contribution in [2.45, 2.75) is 46.1 Å². The lowest BCUT2D eigenvalue weighted by Gasteiger charge is -2.15. The number of nitrogens with zero attached hydrogens (tertiary/aromatic N) is 3. The highest BCUT2D eigenvalue weighted by atomic mass is 16.4. The second-order valence-electron chi connectivity index (χ2n) is 6.43. The van der Waals surface area contributed by atoms with Crippen LogP contribution in [0.1, 0.15) is 59.9 Å². The van der Waals surface area contributed by atoms with E-state index in [4.69, 9.17) is 4.98 Å². The summed E-state index contributed by atoms with van der Waals surface area (Å²) >= 11 is 0. The third-order valence-corrected chi connectivity index (χ3v) is 4.62. The van der Waals surface area contributed by atoms with Gasteiger partial charge in [-0.3, -0.25) is 0 Å². The van der Waals surface area contributed by atoms with Crippen molar-refractivity contribution in [1.82, 2.24) is 14.5 Å². The fourth-order valence-electron chi connectivity index (χ4n) is 3.24. The van der Waals surface area contributed by atoms with Gasteiger partial charge in [0.1, 0.15) is 11.3 Å². The van der Waals surface area contributed by atoms with Crippen molar-refractivity contribution >= 4 is 17.1 Å². The minimum Gasteiger partial charge on any atom is -0.478 e. The quantitative estimate of drug-likeness (QED) is 0.724. The van der Waals surface area contributed by atoms with Gasteiger partial charge in [0.05, 0.1) is 12.1 Å². The van der Waals surface area contributed by atoms with E-state index in [1.807, 2.05) is 19.2 Å². The molecule has 5 nitrogen and oxygen atoms in total. The summed E-state index contributed by atoms with van der Waals surface area (Å²) in [4.78, 5) is 20.7. The van der Waals surface area contributed by atoms with Crippen LogP contribution in [0, 0.1) is 6.92 Å². The van der Waals surface area contributed by atoms with Crippen molar-refractivity contribution in [1.29, 1.82) is 0 Å². The number of hydrogen-bond donors (Lipinski definition) is 1. The molecular weight excluding hydrogens is 314 g/mol. The zero-order valence-corrected chi connectivity index (χ0v) is 14.9. The lowest BCUT2D eigenvalue weighted by atomic mass is 10.0. The van der Waals surface area contributed by atoms with Gasteiger partial charge in [-0.15, -0.1) is 0 Å². The topological polar surface area (TPSA) is 68.0 Å². The fraction of sp³-hybridized carbons (Fsp3) is 0.350. The van der Waals surface area contributed by atoms with E-state index in [0.717, 1.165) is 41.0 Å². The molecule has 0 saturated carbocycles. The van der Waals surface area contributed by atoms with E-state index in [-0.39, 0.29) is 0 Å². The molecule has 0 saturated heterocycles. The first-order valence-electron chi connectivity index (χ1n) is 8.68. The van der Waals surface area contributed by atoms with E-state index in [1.54, 1.807) is 18.2 Å². The minimum atomic E-state index is -0.911. The summed E-state index contributed by atoms with van der Waals surface area (Å²) in [5.74, 6) is 0.474. The van der Waals surface area contributed by atoms with Gasteiger partial charge in [0.2, 0.25) is 0 Å². The Labute approximate surface area is 147 Å². The zero-order chi connectivity index (χ0) is 18.0. The van der Waals surface area contributed by atoms with E-state index in [0.29, 0.717) is 18.0 Å². The van der Waals surface area contributed by atoms with Crippen molar-refractivity contribution in [2.75, 3.05) is 0 Å². The van der Waals surface area contributed by atoms with Gasteiger partial charge in [-0.05, 0) is 49.1 Å². The molecule has 0 spiro atoms. The average Bonchev–Trinajstić information content (AvgIpc) is 2.94. The fourth-order valence-corrected chi connectivity index (χ4v) is 3.24. The van der Waals surface area contributed by atoms with Gasteiger partial charge in [0, 0.05) is 12.1 Å². The number of imidazole rings is 1. The summed E-state index contributed by atoms with van der Waals surface area (Å²) in [6.45, 7) is 6.92. The number of hydrogen-bond acceptors (Lipinski definition) is 3. The molecule has 0 atom stereocenters.